The van der Waals surface area contributed by atoms with E-state index in [1.165, 1.54) is 5.56 Å². The maximum atomic E-state index is 10.4. The van der Waals surface area contributed by atoms with E-state index in [0.717, 1.165) is 17.7 Å². The molecule has 1 aromatic carbocycles. The predicted octanol–water partition coefficient (Wildman–Crippen LogP) is 2.16. The van der Waals surface area contributed by atoms with Gasteiger partial charge in [0, 0.05) is 6.42 Å². The van der Waals surface area contributed by atoms with Gasteiger partial charge in [0.05, 0.1) is 6.10 Å². The van der Waals surface area contributed by atoms with E-state index in [0.29, 0.717) is 0 Å². The highest BCUT2D eigenvalue weighted by Crippen LogP contribution is 2.19. The highest BCUT2D eigenvalue weighted by molar-refractivity contribution is 5.66. The Kier molecular flexibility index (Phi) is 5.65. The number of hydrogen-bond acceptors (Lipinski definition) is 3. The van der Waals surface area contributed by atoms with Crippen LogP contribution in [0, 0.1) is 6.92 Å². The Hall–Kier alpha value is -1.55. The summed E-state index contributed by atoms with van der Waals surface area (Å²) in [4.78, 5) is 10.4. The number of benzene rings is 1. The number of aliphatic hydroxyl groups excluding tert-OH is 1. The van der Waals surface area contributed by atoms with Gasteiger partial charge in [-0.2, -0.15) is 0 Å². The number of carboxylic acids is 1. The molecular weight excluding hydrogens is 232 g/mol. The Morgan fingerprint density at radius 3 is 2.72 bits per heavy atom. The largest absolute Gasteiger partial charge is 0.491 e. The number of carboxylic acid groups (broad SMARTS) is 1. The molecule has 1 rings (SSSR count). The van der Waals surface area contributed by atoms with E-state index in [2.05, 4.69) is 13.0 Å². The van der Waals surface area contributed by atoms with Gasteiger partial charge in [0.15, 0.2) is 0 Å². The molecule has 0 aliphatic heterocycles. The van der Waals surface area contributed by atoms with Crippen LogP contribution in [0.3, 0.4) is 0 Å². The molecule has 18 heavy (non-hydrogen) atoms. The van der Waals surface area contributed by atoms with Crippen molar-refractivity contribution in [1.82, 2.24) is 0 Å². The Labute approximate surface area is 107 Å². The van der Waals surface area contributed by atoms with Crippen molar-refractivity contribution < 1.29 is 19.7 Å². The highest BCUT2D eigenvalue weighted by Gasteiger charge is 2.09. The number of ether oxygens (including phenoxy) is 1. The van der Waals surface area contributed by atoms with Crippen LogP contribution >= 0.6 is 0 Å². The topological polar surface area (TPSA) is 66.8 Å². The Morgan fingerprint density at radius 1 is 1.44 bits per heavy atom. The van der Waals surface area contributed by atoms with Crippen molar-refractivity contribution in [2.45, 2.75) is 39.2 Å². The van der Waals surface area contributed by atoms with Crippen molar-refractivity contribution in [3.05, 3.63) is 29.3 Å². The quantitative estimate of drug-likeness (QED) is 0.780. The van der Waals surface area contributed by atoms with Gasteiger partial charge in [0.1, 0.15) is 12.4 Å². The van der Waals surface area contributed by atoms with E-state index < -0.39 is 12.1 Å². The first-order chi connectivity index (χ1) is 8.52. The first kappa shape index (κ1) is 14.5. The van der Waals surface area contributed by atoms with Crippen molar-refractivity contribution >= 4 is 5.97 Å². The van der Waals surface area contributed by atoms with Gasteiger partial charge in [-0.25, -0.2) is 0 Å². The summed E-state index contributed by atoms with van der Waals surface area (Å²) in [5, 5.41) is 18.1. The summed E-state index contributed by atoms with van der Waals surface area (Å²) in [5.41, 5.74) is 2.27. The number of aliphatic hydroxyl groups is 1. The van der Waals surface area contributed by atoms with Crippen LogP contribution in [0.4, 0.5) is 0 Å². The molecule has 0 saturated carbocycles. The van der Waals surface area contributed by atoms with Crippen LogP contribution in [0.1, 0.15) is 30.9 Å². The van der Waals surface area contributed by atoms with Crippen molar-refractivity contribution in [2.24, 2.45) is 0 Å². The molecule has 0 fully saturated rings. The average molecular weight is 252 g/mol. The van der Waals surface area contributed by atoms with Gasteiger partial charge in [-0.05, 0) is 37.0 Å². The van der Waals surface area contributed by atoms with Gasteiger partial charge < -0.3 is 14.9 Å². The van der Waals surface area contributed by atoms with Crippen molar-refractivity contribution in [3.8, 4) is 5.75 Å². The molecule has 100 valence electrons. The van der Waals surface area contributed by atoms with E-state index >= 15 is 0 Å². The number of carbonyl (C=O) groups is 1. The number of aryl methyl sites for hydroxylation is 2. The lowest BCUT2D eigenvalue weighted by Crippen LogP contribution is -2.19. The number of rotatable bonds is 7. The lowest BCUT2D eigenvalue weighted by Gasteiger charge is -2.13. The van der Waals surface area contributed by atoms with Gasteiger partial charge in [-0.3, -0.25) is 4.79 Å². The van der Waals surface area contributed by atoms with Crippen LogP contribution in [0.5, 0.6) is 5.75 Å². The monoisotopic (exact) mass is 252 g/mol. The van der Waals surface area contributed by atoms with E-state index in [4.69, 9.17) is 9.84 Å². The molecule has 0 radical (unpaired) electrons. The summed E-state index contributed by atoms with van der Waals surface area (Å²) in [6.07, 6.45) is 0.397. The Bertz CT molecular complexity index is 401. The number of hydrogen-bond donors (Lipinski definition) is 2. The maximum Gasteiger partial charge on any atom is 0.303 e. The normalized spacial score (nSPS) is 12.2. The lowest BCUT2D eigenvalue weighted by molar-refractivity contribution is -0.137. The molecule has 2 N–H and O–H groups in total. The van der Waals surface area contributed by atoms with E-state index in [-0.39, 0.29) is 19.4 Å². The van der Waals surface area contributed by atoms with Crippen LogP contribution in [0.15, 0.2) is 18.2 Å². The molecule has 0 heterocycles. The smallest absolute Gasteiger partial charge is 0.303 e. The minimum absolute atomic E-state index is 0.0434. The third kappa shape index (κ3) is 4.75. The van der Waals surface area contributed by atoms with Gasteiger partial charge >= 0.3 is 5.97 Å². The third-order valence-electron chi connectivity index (χ3n) is 2.77. The fraction of sp³-hybridized carbons (Fsp3) is 0.500. The van der Waals surface area contributed by atoms with Crippen LogP contribution < -0.4 is 4.74 Å². The maximum absolute atomic E-state index is 10.4. The zero-order chi connectivity index (χ0) is 13.5. The molecule has 4 nitrogen and oxygen atoms in total. The Balaban J connectivity index is 2.45. The first-order valence-electron chi connectivity index (χ1n) is 6.15. The molecule has 0 aliphatic carbocycles. The van der Waals surface area contributed by atoms with Gasteiger partial charge in [-0.1, -0.05) is 19.1 Å². The van der Waals surface area contributed by atoms with Crippen molar-refractivity contribution in [2.75, 3.05) is 6.61 Å². The molecule has 0 spiro atoms. The molecule has 0 aromatic heterocycles. The molecule has 0 unspecified atom stereocenters. The second kappa shape index (κ2) is 7.01. The molecule has 4 heteroatoms. The summed E-state index contributed by atoms with van der Waals surface area (Å²) < 4.78 is 5.49. The average Bonchev–Trinajstić information content (AvgIpc) is 2.34. The molecule has 1 atom stereocenters. The molecule has 0 aliphatic rings. The van der Waals surface area contributed by atoms with Crippen LogP contribution in [-0.4, -0.2) is 28.9 Å². The first-order valence-corrected chi connectivity index (χ1v) is 6.15. The summed E-state index contributed by atoms with van der Waals surface area (Å²) in [5.74, 6) is -0.167. The minimum Gasteiger partial charge on any atom is -0.491 e. The fourth-order valence-electron chi connectivity index (χ4n) is 1.65. The minimum atomic E-state index is -0.905. The lowest BCUT2D eigenvalue weighted by atomic mass is 10.1. The second-order valence-electron chi connectivity index (χ2n) is 4.35. The summed E-state index contributed by atoms with van der Waals surface area (Å²) >= 11 is 0. The van der Waals surface area contributed by atoms with E-state index in [1.54, 1.807) is 0 Å². The predicted molar refractivity (Wildman–Crippen MR) is 68.9 cm³/mol. The second-order valence-corrected chi connectivity index (χ2v) is 4.35. The molecule has 1 aromatic rings. The molecule has 0 bridgehead atoms. The van der Waals surface area contributed by atoms with E-state index in [9.17, 15) is 9.90 Å². The number of aliphatic carboxylic acids is 1. The standard InChI is InChI=1S/C14H20O4/c1-3-11-4-6-13(10(2)8-11)18-9-12(15)5-7-14(16)17/h4,6,8,12,15H,3,5,7,9H2,1-2H3,(H,16,17)/t12-/m0/s1. The van der Waals surface area contributed by atoms with Crippen molar-refractivity contribution in [3.63, 3.8) is 0 Å². The van der Waals surface area contributed by atoms with Gasteiger partial charge in [0.2, 0.25) is 0 Å². The summed E-state index contributed by atoms with van der Waals surface area (Å²) in [7, 11) is 0. The fourth-order valence-corrected chi connectivity index (χ4v) is 1.65. The Morgan fingerprint density at radius 2 is 2.17 bits per heavy atom. The van der Waals surface area contributed by atoms with Crippen LogP contribution in [-0.2, 0) is 11.2 Å². The zero-order valence-corrected chi connectivity index (χ0v) is 10.8. The highest BCUT2D eigenvalue weighted by atomic mass is 16.5. The van der Waals surface area contributed by atoms with Crippen LogP contribution in [0.25, 0.3) is 0 Å². The van der Waals surface area contributed by atoms with Gasteiger partial charge in [0.25, 0.3) is 0 Å². The molecule has 0 saturated heterocycles. The van der Waals surface area contributed by atoms with Crippen molar-refractivity contribution in [1.29, 1.82) is 0 Å². The molecule has 0 amide bonds. The summed E-state index contributed by atoms with van der Waals surface area (Å²) in [6.45, 7) is 4.17. The third-order valence-corrected chi connectivity index (χ3v) is 2.77. The van der Waals surface area contributed by atoms with Gasteiger partial charge in [-0.15, -0.1) is 0 Å². The SMILES string of the molecule is CCc1ccc(OC[C@@H](O)CCC(=O)O)c(C)c1. The summed E-state index contributed by atoms with van der Waals surface area (Å²) in [6, 6.07) is 5.93. The van der Waals surface area contributed by atoms with Crippen LogP contribution in [0.2, 0.25) is 0 Å². The zero-order valence-electron chi connectivity index (χ0n) is 10.8. The van der Waals surface area contributed by atoms with E-state index in [1.807, 2.05) is 19.1 Å². The molecular formula is C14H20O4.